The zero-order valence-electron chi connectivity index (χ0n) is 11.6. The Morgan fingerprint density at radius 1 is 1.42 bits per heavy atom. The van der Waals surface area contributed by atoms with E-state index in [1.54, 1.807) is 7.11 Å². The van der Waals surface area contributed by atoms with Gasteiger partial charge in [-0.1, -0.05) is 0 Å². The number of nitrogens with two attached hydrogens (primary N) is 1. The van der Waals surface area contributed by atoms with Crippen LogP contribution < -0.4 is 10.5 Å². The number of benzene rings is 1. The van der Waals surface area contributed by atoms with Crippen LogP contribution in [0.25, 0.3) is 11.0 Å². The van der Waals surface area contributed by atoms with Crippen molar-refractivity contribution in [2.45, 2.75) is 44.7 Å². The second kappa shape index (κ2) is 4.85. The molecule has 1 saturated carbocycles. The third-order valence-electron chi connectivity index (χ3n) is 4.14. The van der Waals surface area contributed by atoms with Crippen LogP contribution in [0.1, 0.15) is 37.9 Å². The van der Waals surface area contributed by atoms with Gasteiger partial charge in [0.15, 0.2) is 0 Å². The summed E-state index contributed by atoms with van der Waals surface area (Å²) in [5.41, 5.74) is 8.25. The van der Waals surface area contributed by atoms with E-state index >= 15 is 0 Å². The highest BCUT2D eigenvalue weighted by Crippen LogP contribution is 2.35. The van der Waals surface area contributed by atoms with Gasteiger partial charge in [-0.15, -0.1) is 0 Å². The molecule has 1 aliphatic carbocycles. The average molecular weight is 259 g/mol. The van der Waals surface area contributed by atoms with Crippen molar-refractivity contribution < 1.29 is 4.74 Å². The predicted molar refractivity (Wildman–Crippen MR) is 76.5 cm³/mol. The van der Waals surface area contributed by atoms with Crippen molar-refractivity contribution in [1.29, 1.82) is 0 Å². The van der Waals surface area contributed by atoms with Gasteiger partial charge in [0.25, 0.3) is 0 Å². The number of methoxy groups -OCH3 is 1. The number of imidazole rings is 1. The minimum Gasteiger partial charge on any atom is -0.497 e. The van der Waals surface area contributed by atoms with Crippen molar-refractivity contribution in [2.24, 2.45) is 5.73 Å². The van der Waals surface area contributed by atoms with Crippen LogP contribution in [0.5, 0.6) is 5.75 Å². The number of ether oxygens (including phenoxy) is 1. The highest BCUT2D eigenvalue weighted by molar-refractivity contribution is 5.78. The van der Waals surface area contributed by atoms with Gasteiger partial charge in [-0.2, -0.15) is 0 Å². The lowest BCUT2D eigenvalue weighted by Crippen LogP contribution is -2.15. The summed E-state index contributed by atoms with van der Waals surface area (Å²) < 4.78 is 7.60. The largest absolute Gasteiger partial charge is 0.497 e. The number of aromatic nitrogens is 2. The molecule has 0 amide bonds. The summed E-state index contributed by atoms with van der Waals surface area (Å²) in [6, 6.07) is 6.45. The normalized spacial score (nSPS) is 23.1. The fourth-order valence-electron chi connectivity index (χ4n) is 3.15. The van der Waals surface area contributed by atoms with Gasteiger partial charge in [-0.3, -0.25) is 0 Å². The lowest BCUT2D eigenvalue weighted by molar-refractivity contribution is 0.415. The number of nitrogens with zero attached hydrogens (tertiary/aromatic N) is 2. The summed E-state index contributed by atoms with van der Waals surface area (Å²) in [4.78, 5) is 4.84. The second-order valence-corrected chi connectivity index (χ2v) is 5.34. The van der Waals surface area contributed by atoms with Gasteiger partial charge in [0.2, 0.25) is 0 Å². The monoisotopic (exact) mass is 259 g/mol. The van der Waals surface area contributed by atoms with Crippen LogP contribution >= 0.6 is 0 Å². The Morgan fingerprint density at radius 3 is 2.89 bits per heavy atom. The van der Waals surface area contributed by atoms with Crippen molar-refractivity contribution in [3.8, 4) is 5.75 Å². The van der Waals surface area contributed by atoms with Crippen LogP contribution in [0, 0.1) is 0 Å². The Balaban J connectivity index is 2.08. The summed E-state index contributed by atoms with van der Waals surface area (Å²) in [6.45, 7) is 3.12. The first kappa shape index (κ1) is 12.5. The Hall–Kier alpha value is -1.55. The number of rotatable bonds is 3. The van der Waals surface area contributed by atoms with E-state index in [-0.39, 0.29) is 0 Å². The van der Waals surface area contributed by atoms with E-state index in [1.807, 2.05) is 12.1 Å². The predicted octanol–water partition coefficient (Wildman–Crippen LogP) is 2.66. The van der Waals surface area contributed by atoms with Crippen LogP contribution in [-0.2, 0) is 6.54 Å². The number of hydrogen-bond donors (Lipinski definition) is 1. The van der Waals surface area contributed by atoms with E-state index in [0.29, 0.717) is 12.0 Å². The Labute approximate surface area is 113 Å². The average Bonchev–Trinajstić information content (AvgIpc) is 3.00. The van der Waals surface area contributed by atoms with E-state index in [0.717, 1.165) is 37.1 Å². The van der Waals surface area contributed by atoms with Crippen LogP contribution in [-0.4, -0.2) is 22.7 Å². The number of aryl methyl sites for hydroxylation is 1. The third-order valence-corrected chi connectivity index (χ3v) is 4.14. The molecule has 0 radical (unpaired) electrons. The Morgan fingerprint density at radius 2 is 2.26 bits per heavy atom. The summed E-state index contributed by atoms with van der Waals surface area (Å²) in [5.74, 6) is 2.56. The molecule has 2 atom stereocenters. The SMILES string of the molecule is CCn1c([C@@H]2CC[C@H](N)C2)nc2cc(OC)ccc21. The van der Waals surface area contributed by atoms with Crippen molar-refractivity contribution in [3.63, 3.8) is 0 Å². The van der Waals surface area contributed by atoms with Crippen molar-refractivity contribution in [3.05, 3.63) is 24.0 Å². The fraction of sp³-hybridized carbons (Fsp3) is 0.533. The highest BCUT2D eigenvalue weighted by Gasteiger charge is 2.27. The quantitative estimate of drug-likeness (QED) is 0.922. The summed E-state index contributed by atoms with van der Waals surface area (Å²) in [5, 5.41) is 0. The third kappa shape index (κ3) is 2.10. The smallest absolute Gasteiger partial charge is 0.121 e. The molecule has 1 aromatic heterocycles. The molecule has 19 heavy (non-hydrogen) atoms. The van der Waals surface area contributed by atoms with Crippen LogP contribution in [0.2, 0.25) is 0 Å². The lowest BCUT2D eigenvalue weighted by atomic mass is 10.1. The van der Waals surface area contributed by atoms with Crippen molar-refractivity contribution in [1.82, 2.24) is 9.55 Å². The fourth-order valence-corrected chi connectivity index (χ4v) is 3.15. The van der Waals surface area contributed by atoms with Crippen molar-refractivity contribution in [2.75, 3.05) is 7.11 Å². The molecule has 1 aromatic carbocycles. The molecule has 4 nitrogen and oxygen atoms in total. The van der Waals surface area contributed by atoms with Crippen molar-refractivity contribution >= 4 is 11.0 Å². The molecule has 0 bridgehead atoms. The Kier molecular flexibility index (Phi) is 3.19. The first-order valence-corrected chi connectivity index (χ1v) is 7.02. The molecule has 102 valence electrons. The maximum atomic E-state index is 6.04. The first-order valence-electron chi connectivity index (χ1n) is 7.02. The minimum absolute atomic E-state index is 0.338. The molecule has 0 aliphatic heterocycles. The van der Waals surface area contributed by atoms with Crippen LogP contribution in [0.4, 0.5) is 0 Å². The molecule has 1 heterocycles. The van der Waals surface area contributed by atoms with Gasteiger partial charge in [-0.05, 0) is 38.3 Å². The molecular formula is C15H21N3O. The molecule has 4 heteroatoms. The minimum atomic E-state index is 0.338. The topological polar surface area (TPSA) is 53.1 Å². The summed E-state index contributed by atoms with van der Waals surface area (Å²) in [7, 11) is 1.69. The number of hydrogen-bond acceptors (Lipinski definition) is 3. The maximum Gasteiger partial charge on any atom is 0.121 e. The second-order valence-electron chi connectivity index (χ2n) is 5.34. The van der Waals surface area contributed by atoms with Gasteiger partial charge >= 0.3 is 0 Å². The zero-order valence-corrected chi connectivity index (χ0v) is 11.6. The Bertz CT molecular complexity index is 590. The first-order chi connectivity index (χ1) is 9.22. The molecule has 0 spiro atoms. The van der Waals surface area contributed by atoms with E-state index in [2.05, 4.69) is 17.6 Å². The maximum absolute atomic E-state index is 6.04. The molecule has 2 N–H and O–H groups in total. The lowest BCUT2D eigenvalue weighted by Gasteiger charge is -2.11. The highest BCUT2D eigenvalue weighted by atomic mass is 16.5. The molecule has 2 aromatic rings. The molecule has 1 aliphatic rings. The molecule has 1 fully saturated rings. The summed E-state index contributed by atoms with van der Waals surface area (Å²) in [6.07, 6.45) is 3.32. The van der Waals surface area contributed by atoms with E-state index in [9.17, 15) is 0 Å². The molecule has 0 saturated heterocycles. The van der Waals surface area contributed by atoms with E-state index < -0.39 is 0 Å². The molecular weight excluding hydrogens is 238 g/mol. The standard InChI is InChI=1S/C15H21N3O/c1-3-18-14-7-6-12(19-2)9-13(14)17-15(18)10-4-5-11(16)8-10/h6-7,9-11H,3-5,8,16H2,1-2H3/t10-,11+/m1/s1. The number of fused-ring (bicyclic) bond motifs is 1. The van der Waals surface area contributed by atoms with Crippen LogP contribution in [0.15, 0.2) is 18.2 Å². The molecule has 3 rings (SSSR count). The van der Waals surface area contributed by atoms with Gasteiger partial charge in [0.05, 0.1) is 18.1 Å². The summed E-state index contributed by atoms with van der Waals surface area (Å²) >= 11 is 0. The van der Waals surface area contributed by atoms with E-state index in [4.69, 9.17) is 15.5 Å². The van der Waals surface area contributed by atoms with Gasteiger partial charge in [0.1, 0.15) is 11.6 Å². The van der Waals surface area contributed by atoms with Gasteiger partial charge in [0, 0.05) is 24.6 Å². The van der Waals surface area contributed by atoms with E-state index in [1.165, 1.54) is 11.3 Å². The molecule has 0 unspecified atom stereocenters. The van der Waals surface area contributed by atoms with Gasteiger partial charge < -0.3 is 15.0 Å². The zero-order chi connectivity index (χ0) is 13.4. The van der Waals surface area contributed by atoms with Crippen LogP contribution in [0.3, 0.4) is 0 Å². The van der Waals surface area contributed by atoms with Gasteiger partial charge in [-0.25, -0.2) is 4.98 Å².